The molecular weight excluding hydrogens is 414 g/mol. The van der Waals surface area contributed by atoms with Crippen molar-refractivity contribution in [3.8, 4) is 11.5 Å². The van der Waals surface area contributed by atoms with Crippen molar-refractivity contribution in [1.82, 2.24) is 15.0 Å². The molecule has 0 saturated heterocycles. The Morgan fingerprint density at radius 1 is 1.19 bits per heavy atom. The van der Waals surface area contributed by atoms with E-state index < -0.39 is 5.91 Å². The van der Waals surface area contributed by atoms with E-state index in [2.05, 4.69) is 15.6 Å². The molecule has 3 N–H and O–H groups in total. The zero-order chi connectivity index (χ0) is 22.9. The summed E-state index contributed by atoms with van der Waals surface area (Å²) in [7, 11) is 1.50. The minimum Gasteiger partial charge on any atom is -0.493 e. The quantitative estimate of drug-likeness (QED) is 0.366. The van der Waals surface area contributed by atoms with E-state index >= 15 is 0 Å². The minimum atomic E-state index is -0.519. The second kappa shape index (κ2) is 10.5. The van der Waals surface area contributed by atoms with Gasteiger partial charge in [-0.3, -0.25) is 14.4 Å². The molecule has 0 saturated carbocycles. The number of para-hydroxylation sites is 1. The van der Waals surface area contributed by atoms with Gasteiger partial charge in [-0.15, -0.1) is 5.10 Å². The third-order valence-electron chi connectivity index (χ3n) is 4.24. The number of nitrogens with zero attached hydrogens (tertiary/aromatic N) is 3. The molecule has 3 aromatic rings. The van der Waals surface area contributed by atoms with Gasteiger partial charge in [-0.2, -0.15) is 0 Å². The van der Waals surface area contributed by atoms with Gasteiger partial charge in [0.2, 0.25) is 11.8 Å². The van der Waals surface area contributed by atoms with Crippen molar-refractivity contribution >= 4 is 29.9 Å². The summed E-state index contributed by atoms with van der Waals surface area (Å²) < 4.78 is 12.4. The van der Waals surface area contributed by atoms with Gasteiger partial charge in [0.05, 0.1) is 19.0 Å². The predicted molar refractivity (Wildman–Crippen MR) is 116 cm³/mol. The lowest BCUT2D eigenvalue weighted by atomic mass is 10.1. The zero-order valence-corrected chi connectivity index (χ0v) is 17.2. The highest BCUT2D eigenvalue weighted by Gasteiger charge is 2.09. The van der Waals surface area contributed by atoms with Crippen molar-refractivity contribution in [2.75, 3.05) is 12.4 Å². The van der Waals surface area contributed by atoms with Crippen molar-refractivity contribution in [3.05, 3.63) is 71.6 Å². The summed E-state index contributed by atoms with van der Waals surface area (Å²) in [6, 6.07) is 11.9. The predicted octanol–water partition coefficient (Wildman–Crippen LogP) is 1.82. The number of ether oxygens (including phenoxy) is 2. The molecule has 0 spiro atoms. The molecule has 0 aliphatic heterocycles. The highest BCUT2D eigenvalue weighted by atomic mass is 16.5. The number of methoxy groups -OCH3 is 1. The Morgan fingerprint density at radius 3 is 2.75 bits per heavy atom. The van der Waals surface area contributed by atoms with Crippen LogP contribution in [0.2, 0.25) is 0 Å². The monoisotopic (exact) mass is 435 g/mol. The molecule has 3 rings (SSSR count). The number of nitrogens with two attached hydrogens (primary N) is 1. The fraction of sp³-hybridized carbons (Fsp3) is 0.136. The summed E-state index contributed by atoms with van der Waals surface area (Å²) >= 11 is 0. The Balaban J connectivity index is 1.63. The van der Waals surface area contributed by atoms with E-state index in [9.17, 15) is 14.4 Å². The van der Waals surface area contributed by atoms with Crippen LogP contribution in [0, 0.1) is 0 Å². The number of primary amides is 1. The summed E-state index contributed by atoms with van der Waals surface area (Å²) in [6.07, 6.45) is 5.21. The average Bonchev–Trinajstić information content (AvgIpc) is 3.23. The van der Waals surface area contributed by atoms with Crippen LogP contribution in [0.1, 0.15) is 21.6 Å². The number of carbonyl (C=O) groups is 3. The van der Waals surface area contributed by atoms with Crippen molar-refractivity contribution in [1.29, 1.82) is 0 Å². The van der Waals surface area contributed by atoms with Crippen molar-refractivity contribution in [3.63, 3.8) is 0 Å². The van der Waals surface area contributed by atoms with Gasteiger partial charge in [0, 0.05) is 11.6 Å². The summed E-state index contributed by atoms with van der Waals surface area (Å²) in [5, 5.41) is 10.4. The van der Waals surface area contributed by atoms with Gasteiger partial charge in [0.15, 0.2) is 17.8 Å². The standard InChI is InChI=1S/C22H21N5O5/c1-31-20-10-15(7-9-22(30)24-18-5-3-2-4-16(18)13-28)6-8-19(20)32-14-17-11-27(26-25-17)12-21(23)29/h2-11,13H,12,14H2,1H3,(H2,23,29)(H,24,30)/b9-7+. The number of hydrogen-bond donors (Lipinski definition) is 2. The van der Waals surface area contributed by atoms with E-state index in [-0.39, 0.29) is 19.1 Å². The largest absolute Gasteiger partial charge is 0.493 e. The topological polar surface area (TPSA) is 138 Å². The molecule has 0 bridgehead atoms. The molecule has 0 atom stereocenters. The van der Waals surface area contributed by atoms with Crippen LogP contribution in [0.4, 0.5) is 5.69 Å². The molecule has 1 heterocycles. The van der Waals surface area contributed by atoms with Crippen LogP contribution in [0.5, 0.6) is 11.5 Å². The molecule has 0 aliphatic carbocycles. The van der Waals surface area contributed by atoms with E-state index in [1.165, 1.54) is 17.9 Å². The molecule has 164 valence electrons. The molecule has 2 amide bonds. The maximum absolute atomic E-state index is 12.2. The molecule has 0 radical (unpaired) electrons. The summed E-state index contributed by atoms with van der Waals surface area (Å²) in [4.78, 5) is 34.2. The second-order valence-electron chi connectivity index (χ2n) is 6.60. The summed E-state index contributed by atoms with van der Waals surface area (Å²) in [5.41, 5.74) is 7.18. The van der Waals surface area contributed by atoms with Gasteiger partial charge < -0.3 is 20.5 Å². The Morgan fingerprint density at radius 2 is 2.00 bits per heavy atom. The SMILES string of the molecule is COc1cc(/C=C/C(=O)Nc2ccccc2C=O)ccc1OCc1cn(CC(N)=O)nn1. The first-order valence-electron chi connectivity index (χ1n) is 9.50. The van der Waals surface area contributed by atoms with Gasteiger partial charge in [-0.05, 0) is 35.9 Å². The van der Waals surface area contributed by atoms with Crippen LogP contribution >= 0.6 is 0 Å². The maximum Gasteiger partial charge on any atom is 0.248 e. The van der Waals surface area contributed by atoms with E-state index in [1.54, 1.807) is 54.7 Å². The molecule has 1 aromatic heterocycles. The molecule has 32 heavy (non-hydrogen) atoms. The molecule has 10 nitrogen and oxygen atoms in total. The number of nitrogens with one attached hydrogen (secondary N) is 1. The number of amides is 2. The fourth-order valence-corrected chi connectivity index (χ4v) is 2.76. The molecule has 0 fully saturated rings. The molecule has 0 unspecified atom stereocenters. The lowest BCUT2D eigenvalue weighted by Gasteiger charge is -2.10. The first kappa shape index (κ1) is 22.2. The van der Waals surface area contributed by atoms with Gasteiger partial charge in [0.25, 0.3) is 0 Å². The van der Waals surface area contributed by atoms with Crippen LogP contribution in [0.3, 0.4) is 0 Å². The Hall–Kier alpha value is -4.47. The third-order valence-corrected chi connectivity index (χ3v) is 4.24. The van der Waals surface area contributed by atoms with E-state index in [0.29, 0.717) is 40.3 Å². The minimum absolute atomic E-state index is 0.0638. The average molecular weight is 435 g/mol. The summed E-state index contributed by atoms with van der Waals surface area (Å²) in [6.45, 7) is 0.0501. The van der Waals surface area contributed by atoms with Crippen molar-refractivity contribution in [2.45, 2.75) is 13.2 Å². The van der Waals surface area contributed by atoms with E-state index in [1.807, 2.05) is 0 Å². The Labute approximate surface area is 183 Å². The van der Waals surface area contributed by atoms with Crippen LogP contribution in [0.15, 0.2) is 54.7 Å². The van der Waals surface area contributed by atoms with Crippen LogP contribution in [-0.2, 0) is 22.7 Å². The van der Waals surface area contributed by atoms with Gasteiger partial charge in [-0.1, -0.05) is 23.4 Å². The lowest BCUT2D eigenvalue weighted by molar-refractivity contribution is -0.118. The van der Waals surface area contributed by atoms with Crippen LogP contribution < -0.4 is 20.5 Å². The highest BCUT2D eigenvalue weighted by Crippen LogP contribution is 2.29. The van der Waals surface area contributed by atoms with E-state index in [4.69, 9.17) is 15.2 Å². The number of rotatable bonds is 10. The Bertz CT molecular complexity index is 1160. The van der Waals surface area contributed by atoms with Gasteiger partial charge in [0.1, 0.15) is 18.8 Å². The first-order chi connectivity index (χ1) is 15.5. The number of hydrogen-bond acceptors (Lipinski definition) is 7. The number of aldehydes is 1. The lowest BCUT2D eigenvalue weighted by Crippen LogP contribution is -2.18. The van der Waals surface area contributed by atoms with E-state index in [0.717, 1.165) is 0 Å². The number of benzene rings is 2. The van der Waals surface area contributed by atoms with Crippen LogP contribution in [0.25, 0.3) is 6.08 Å². The molecule has 2 aromatic carbocycles. The normalized spacial score (nSPS) is 10.7. The molecular formula is C22H21N5O5. The highest BCUT2D eigenvalue weighted by molar-refractivity contribution is 6.04. The van der Waals surface area contributed by atoms with Crippen LogP contribution in [-0.4, -0.2) is 40.2 Å². The fourth-order valence-electron chi connectivity index (χ4n) is 2.76. The zero-order valence-electron chi connectivity index (χ0n) is 17.2. The maximum atomic E-state index is 12.2. The van der Waals surface area contributed by atoms with Gasteiger partial charge >= 0.3 is 0 Å². The second-order valence-corrected chi connectivity index (χ2v) is 6.60. The van der Waals surface area contributed by atoms with Gasteiger partial charge in [-0.25, -0.2) is 4.68 Å². The smallest absolute Gasteiger partial charge is 0.248 e. The first-order valence-corrected chi connectivity index (χ1v) is 9.50. The molecule has 0 aliphatic rings. The Kier molecular flexibility index (Phi) is 7.31. The number of carbonyl (C=O) groups excluding carboxylic acids is 3. The number of aromatic nitrogens is 3. The van der Waals surface area contributed by atoms with Crippen molar-refractivity contribution < 1.29 is 23.9 Å². The van der Waals surface area contributed by atoms with Crippen molar-refractivity contribution in [2.24, 2.45) is 5.73 Å². The molecule has 10 heteroatoms. The third kappa shape index (κ3) is 6.02. The summed E-state index contributed by atoms with van der Waals surface area (Å²) in [5.74, 6) is 0.0359. The number of anilines is 1.